The van der Waals surface area contributed by atoms with Crippen LogP contribution in [0.1, 0.15) is 51.4 Å². The van der Waals surface area contributed by atoms with Gasteiger partial charge in [-0.05, 0) is 24.7 Å². The van der Waals surface area contributed by atoms with Gasteiger partial charge in [0.05, 0.1) is 0 Å². The fourth-order valence-corrected chi connectivity index (χ4v) is 2.61. The summed E-state index contributed by atoms with van der Waals surface area (Å²) >= 11 is 0. The van der Waals surface area contributed by atoms with E-state index >= 15 is 0 Å². The highest BCUT2D eigenvalue weighted by Gasteiger charge is 2.22. The van der Waals surface area contributed by atoms with Crippen LogP contribution in [0.4, 0.5) is 0 Å². The van der Waals surface area contributed by atoms with Crippen LogP contribution >= 0.6 is 0 Å². The van der Waals surface area contributed by atoms with Gasteiger partial charge in [0.25, 0.3) is 0 Å². The fourth-order valence-electron chi connectivity index (χ4n) is 2.61. The zero-order valence-corrected chi connectivity index (χ0v) is 9.08. The third kappa shape index (κ3) is 3.65. The van der Waals surface area contributed by atoms with Gasteiger partial charge in [-0.15, -0.1) is 6.58 Å². The smallest absolute Gasteiger partial charge is 0.120 e. The van der Waals surface area contributed by atoms with Gasteiger partial charge < -0.3 is 4.79 Å². The van der Waals surface area contributed by atoms with Crippen molar-refractivity contribution >= 4 is 6.29 Å². The molecule has 0 heterocycles. The van der Waals surface area contributed by atoms with Crippen LogP contribution < -0.4 is 0 Å². The number of carbonyl (C=O) groups is 1. The molecule has 0 bridgehead atoms. The molecule has 0 saturated heterocycles. The number of hydrogen-bond acceptors (Lipinski definition) is 1. The standard InChI is InChI=1S/C13H22O/c1-2-3-7-13(10-11-14)12-8-5-4-6-9-12/h2,11-13H,1,3-10H2. The van der Waals surface area contributed by atoms with E-state index in [9.17, 15) is 4.79 Å². The molecule has 1 aliphatic rings. The number of carbonyl (C=O) groups excluding carboxylic acids is 1. The van der Waals surface area contributed by atoms with Crippen LogP contribution in [0, 0.1) is 11.8 Å². The van der Waals surface area contributed by atoms with Crippen molar-refractivity contribution in [3.05, 3.63) is 12.7 Å². The van der Waals surface area contributed by atoms with Gasteiger partial charge in [-0.25, -0.2) is 0 Å². The first-order valence-corrected chi connectivity index (χ1v) is 5.93. The molecule has 1 heteroatoms. The van der Waals surface area contributed by atoms with Crippen LogP contribution in [0.5, 0.6) is 0 Å². The average molecular weight is 194 g/mol. The Balaban J connectivity index is 2.37. The summed E-state index contributed by atoms with van der Waals surface area (Å²) in [7, 11) is 0. The highest BCUT2D eigenvalue weighted by atomic mass is 16.1. The summed E-state index contributed by atoms with van der Waals surface area (Å²) in [6.07, 6.45) is 12.9. The molecule has 80 valence electrons. The van der Waals surface area contributed by atoms with Crippen LogP contribution in [-0.2, 0) is 4.79 Å². The minimum absolute atomic E-state index is 0.630. The summed E-state index contributed by atoms with van der Waals surface area (Å²) in [5, 5.41) is 0. The first kappa shape index (κ1) is 11.5. The Labute approximate surface area is 87.6 Å². The van der Waals surface area contributed by atoms with Crippen LogP contribution in [-0.4, -0.2) is 6.29 Å². The number of allylic oxidation sites excluding steroid dienone is 1. The summed E-state index contributed by atoms with van der Waals surface area (Å²) in [6, 6.07) is 0. The van der Waals surface area contributed by atoms with Gasteiger partial charge in [0.2, 0.25) is 0 Å². The monoisotopic (exact) mass is 194 g/mol. The van der Waals surface area contributed by atoms with Gasteiger partial charge in [-0.1, -0.05) is 38.2 Å². The molecule has 1 rings (SSSR count). The molecular formula is C13H22O. The zero-order chi connectivity index (χ0) is 10.2. The molecule has 0 aromatic rings. The molecule has 14 heavy (non-hydrogen) atoms. The lowest BCUT2D eigenvalue weighted by Gasteiger charge is -2.28. The van der Waals surface area contributed by atoms with Gasteiger partial charge in [-0.3, -0.25) is 0 Å². The van der Waals surface area contributed by atoms with Crippen molar-refractivity contribution in [1.82, 2.24) is 0 Å². The van der Waals surface area contributed by atoms with Crippen molar-refractivity contribution < 1.29 is 4.79 Å². The maximum absolute atomic E-state index is 10.6. The number of hydrogen-bond donors (Lipinski definition) is 0. The van der Waals surface area contributed by atoms with Crippen LogP contribution in [0.15, 0.2) is 12.7 Å². The quantitative estimate of drug-likeness (QED) is 0.465. The minimum atomic E-state index is 0.630. The molecule has 0 aromatic heterocycles. The van der Waals surface area contributed by atoms with Crippen molar-refractivity contribution in [2.75, 3.05) is 0 Å². The molecule has 1 fully saturated rings. The van der Waals surface area contributed by atoms with Crippen molar-refractivity contribution in [2.45, 2.75) is 51.4 Å². The van der Waals surface area contributed by atoms with Gasteiger partial charge in [-0.2, -0.15) is 0 Å². The first-order valence-electron chi connectivity index (χ1n) is 5.93. The third-order valence-electron chi connectivity index (χ3n) is 3.46. The molecule has 0 spiro atoms. The first-order chi connectivity index (χ1) is 6.88. The maximum Gasteiger partial charge on any atom is 0.120 e. The Morgan fingerprint density at radius 3 is 2.57 bits per heavy atom. The van der Waals surface area contributed by atoms with Gasteiger partial charge in [0.1, 0.15) is 6.29 Å². The van der Waals surface area contributed by atoms with E-state index in [1.54, 1.807) is 0 Å². The van der Waals surface area contributed by atoms with E-state index in [0.29, 0.717) is 5.92 Å². The maximum atomic E-state index is 10.6. The second kappa shape index (κ2) is 6.80. The SMILES string of the molecule is C=CCCC(CC=O)C1CCCCC1. The highest BCUT2D eigenvalue weighted by molar-refractivity contribution is 5.49. The number of rotatable bonds is 6. The van der Waals surface area contributed by atoms with Gasteiger partial charge >= 0.3 is 0 Å². The van der Waals surface area contributed by atoms with Gasteiger partial charge in [0, 0.05) is 6.42 Å². The summed E-state index contributed by atoms with van der Waals surface area (Å²) in [5.41, 5.74) is 0. The topological polar surface area (TPSA) is 17.1 Å². The summed E-state index contributed by atoms with van der Waals surface area (Å²) in [5.74, 6) is 1.44. The Hall–Kier alpha value is -0.590. The molecule has 1 saturated carbocycles. The molecule has 1 aliphatic carbocycles. The predicted molar refractivity (Wildman–Crippen MR) is 60.2 cm³/mol. The van der Waals surface area contributed by atoms with Crippen molar-refractivity contribution in [3.63, 3.8) is 0 Å². The Morgan fingerprint density at radius 1 is 1.29 bits per heavy atom. The molecule has 1 unspecified atom stereocenters. The molecule has 0 radical (unpaired) electrons. The van der Waals surface area contributed by atoms with Crippen molar-refractivity contribution in [2.24, 2.45) is 11.8 Å². The third-order valence-corrected chi connectivity index (χ3v) is 3.46. The molecule has 0 aliphatic heterocycles. The molecule has 0 aromatic carbocycles. The fraction of sp³-hybridized carbons (Fsp3) is 0.769. The summed E-state index contributed by atoms with van der Waals surface area (Å²) in [4.78, 5) is 10.6. The number of aldehydes is 1. The van der Waals surface area contributed by atoms with E-state index in [0.717, 1.165) is 31.5 Å². The minimum Gasteiger partial charge on any atom is -0.303 e. The van der Waals surface area contributed by atoms with E-state index in [2.05, 4.69) is 6.58 Å². The average Bonchev–Trinajstić information content (AvgIpc) is 2.25. The summed E-state index contributed by atoms with van der Waals surface area (Å²) in [6.45, 7) is 3.75. The molecular weight excluding hydrogens is 172 g/mol. The zero-order valence-electron chi connectivity index (χ0n) is 9.08. The van der Waals surface area contributed by atoms with E-state index < -0.39 is 0 Å². The van der Waals surface area contributed by atoms with E-state index in [1.807, 2.05) is 6.08 Å². The van der Waals surface area contributed by atoms with Crippen LogP contribution in [0.3, 0.4) is 0 Å². The molecule has 0 N–H and O–H groups in total. The van der Waals surface area contributed by atoms with E-state index in [-0.39, 0.29) is 0 Å². The van der Waals surface area contributed by atoms with E-state index in [4.69, 9.17) is 0 Å². The predicted octanol–water partition coefficient (Wildman–Crippen LogP) is 3.74. The van der Waals surface area contributed by atoms with Crippen LogP contribution in [0.2, 0.25) is 0 Å². The molecule has 0 amide bonds. The second-order valence-corrected chi connectivity index (χ2v) is 4.43. The normalized spacial score (nSPS) is 20.3. The lowest BCUT2D eigenvalue weighted by atomic mass is 9.77. The van der Waals surface area contributed by atoms with E-state index in [1.165, 1.54) is 32.1 Å². The lowest BCUT2D eigenvalue weighted by molar-refractivity contribution is -0.109. The Bertz CT molecular complexity index is 168. The van der Waals surface area contributed by atoms with Gasteiger partial charge in [0.15, 0.2) is 0 Å². The lowest BCUT2D eigenvalue weighted by Crippen LogP contribution is -2.18. The molecule has 1 atom stereocenters. The Morgan fingerprint density at radius 2 is 2.00 bits per heavy atom. The van der Waals surface area contributed by atoms with Crippen LogP contribution in [0.25, 0.3) is 0 Å². The molecule has 1 nitrogen and oxygen atoms in total. The van der Waals surface area contributed by atoms with Crippen molar-refractivity contribution in [1.29, 1.82) is 0 Å². The Kier molecular flexibility index (Phi) is 5.58. The highest BCUT2D eigenvalue weighted by Crippen LogP contribution is 2.33. The summed E-state index contributed by atoms with van der Waals surface area (Å²) < 4.78 is 0. The van der Waals surface area contributed by atoms with Crippen molar-refractivity contribution in [3.8, 4) is 0 Å². The second-order valence-electron chi connectivity index (χ2n) is 4.43. The largest absolute Gasteiger partial charge is 0.303 e.